The van der Waals surface area contributed by atoms with Crippen LogP contribution in [-0.4, -0.2) is 36.6 Å². The fourth-order valence-corrected chi connectivity index (χ4v) is 2.60. The molecule has 0 saturated carbocycles. The molecule has 0 aromatic heterocycles. The molecule has 2 rings (SSSR count). The minimum Gasteiger partial charge on any atom is -0.478 e. The third-order valence-corrected chi connectivity index (χ3v) is 3.54. The number of rotatable bonds is 3. The van der Waals surface area contributed by atoms with Crippen LogP contribution in [-0.2, 0) is 4.79 Å². The predicted octanol–water partition coefficient (Wildman–Crippen LogP) is 1.75. The van der Waals surface area contributed by atoms with Crippen LogP contribution in [0.25, 0.3) is 0 Å². The number of halogens is 1. The summed E-state index contributed by atoms with van der Waals surface area (Å²) in [7, 11) is 1.58. The van der Waals surface area contributed by atoms with Crippen molar-refractivity contribution in [2.45, 2.75) is 18.9 Å². The largest absolute Gasteiger partial charge is 0.478 e. The molecule has 19 heavy (non-hydrogen) atoms. The number of hydrogen-bond donors (Lipinski definition) is 2. The van der Waals surface area contributed by atoms with Crippen LogP contribution in [0.1, 0.15) is 23.2 Å². The number of nitrogens with one attached hydrogen (secondary N) is 1. The fourth-order valence-electron chi connectivity index (χ4n) is 2.42. The van der Waals surface area contributed by atoms with Crippen molar-refractivity contribution in [3.8, 4) is 0 Å². The van der Waals surface area contributed by atoms with E-state index in [0.29, 0.717) is 17.3 Å². The van der Waals surface area contributed by atoms with Gasteiger partial charge in [-0.25, -0.2) is 4.79 Å². The van der Waals surface area contributed by atoms with Crippen molar-refractivity contribution >= 4 is 29.2 Å². The van der Waals surface area contributed by atoms with Crippen LogP contribution < -0.4 is 10.2 Å². The average molecular weight is 283 g/mol. The number of carbonyl (C=O) groups excluding carboxylic acids is 1. The van der Waals surface area contributed by atoms with Gasteiger partial charge in [0, 0.05) is 18.6 Å². The van der Waals surface area contributed by atoms with Gasteiger partial charge < -0.3 is 15.3 Å². The lowest BCUT2D eigenvalue weighted by Gasteiger charge is -2.26. The van der Waals surface area contributed by atoms with Gasteiger partial charge in [-0.3, -0.25) is 4.79 Å². The van der Waals surface area contributed by atoms with Crippen molar-refractivity contribution in [3.05, 3.63) is 28.8 Å². The van der Waals surface area contributed by atoms with Gasteiger partial charge in [-0.1, -0.05) is 11.6 Å². The summed E-state index contributed by atoms with van der Waals surface area (Å²) in [5.41, 5.74) is 0.673. The highest BCUT2D eigenvalue weighted by Crippen LogP contribution is 2.30. The molecule has 0 radical (unpaired) electrons. The summed E-state index contributed by atoms with van der Waals surface area (Å²) in [5, 5.41) is 12.2. The first-order valence-electron chi connectivity index (χ1n) is 6.05. The molecule has 1 atom stereocenters. The predicted molar refractivity (Wildman–Crippen MR) is 72.8 cm³/mol. The summed E-state index contributed by atoms with van der Waals surface area (Å²) >= 11 is 5.83. The van der Waals surface area contributed by atoms with Crippen LogP contribution in [0.2, 0.25) is 5.02 Å². The minimum absolute atomic E-state index is 0.0937. The number of carbonyl (C=O) groups is 2. The van der Waals surface area contributed by atoms with Gasteiger partial charge in [-0.05, 0) is 31.0 Å². The normalized spacial score (nSPS) is 18.4. The summed E-state index contributed by atoms with van der Waals surface area (Å²) in [6, 6.07) is 4.40. The Balaban J connectivity index is 2.40. The van der Waals surface area contributed by atoms with Gasteiger partial charge >= 0.3 is 5.97 Å². The molecule has 6 heteroatoms. The molecule has 2 N–H and O–H groups in total. The highest BCUT2D eigenvalue weighted by atomic mass is 35.5. The SMILES string of the molecule is CNC(=O)C1CCCN1c1ccc(Cl)cc1C(=O)O. The van der Waals surface area contributed by atoms with E-state index < -0.39 is 5.97 Å². The van der Waals surface area contributed by atoms with E-state index in [1.165, 1.54) is 6.07 Å². The van der Waals surface area contributed by atoms with E-state index in [1.54, 1.807) is 19.2 Å². The zero-order chi connectivity index (χ0) is 14.0. The number of amides is 1. The van der Waals surface area contributed by atoms with E-state index in [0.717, 1.165) is 12.8 Å². The third-order valence-electron chi connectivity index (χ3n) is 3.30. The van der Waals surface area contributed by atoms with Crippen molar-refractivity contribution < 1.29 is 14.7 Å². The molecule has 1 amide bonds. The summed E-state index contributed by atoms with van der Waals surface area (Å²) < 4.78 is 0. The second-order valence-electron chi connectivity index (χ2n) is 4.43. The van der Waals surface area contributed by atoms with Crippen molar-refractivity contribution in [3.63, 3.8) is 0 Å². The van der Waals surface area contributed by atoms with E-state index in [-0.39, 0.29) is 17.5 Å². The Kier molecular flexibility index (Phi) is 3.95. The number of carboxylic acids is 1. The van der Waals surface area contributed by atoms with E-state index in [2.05, 4.69) is 5.32 Å². The first-order valence-corrected chi connectivity index (χ1v) is 6.43. The number of aromatic carboxylic acids is 1. The Morgan fingerprint density at radius 2 is 2.21 bits per heavy atom. The molecular formula is C13H15ClN2O3. The molecule has 1 heterocycles. The van der Waals surface area contributed by atoms with Crippen molar-refractivity contribution in [2.75, 3.05) is 18.5 Å². The van der Waals surface area contributed by atoms with Crippen LogP contribution in [0, 0.1) is 0 Å². The molecule has 1 aromatic carbocycles. The average Bonchev–Trinajstić information content (AvgIpc) is 2.86. The Labute approximate surface area is 116 Å². The molecule has 0 aliphatic carbocycles. The topological polar surface area (TPSA) is 69.6 Å². The fraction of sp³-hybridized carbons (Fsp3) is 0.385. The first-order chi connectivity index (χ1) is 9.04. The maximum atomic E-state index is 11.8. The molecule has 1 aliphatic heterocycles. The lowest BCUT2D eigenvalue weighted by Crippen LogP contribution is -2.42. The lowest BCUT2D eigenvalue weighted by molar-refractivity contribution is -0.121. The van der Waals surface area contributed by atoms with Crippen LogP contribution in [0.3, 0.4) is 0 Å². The molecule has 1 unspecified atom stereocenters. The van der Waals surface area contributed by atoms with Gasteiger partial charge in [0.05, 0.1) is 11.3 Å². The van der Waals surface area contributed by atoms with E-state index in [9.17, 15) is 14.7 Å². The molecule has 0 spiro atoms. The maximum absolute atomic E-state index is 11.8. The lowest BCUT2D eigenvalue weighted by atomic mass is 10.1. The summed E-state index contributed by atoms with van der Waals surface area (Å²) in [6.07, 6.45) is 1.58. The van der Waals surface area contributed by atoms with E-state index in [1.807, 2.05) is 4.90 Å². The molecule has 1 aromatic rings. The molecule has 1 saturated heterocycles. The number of likely N-dealkylation sites (N-methyl/N-ethyl adjacent to an activating group) is 1. The Hall–Kier alpha value is -1.75. The molecule has 5 nitrogen and oxygen atoms in total. The number of benzene rings is 1. The van der Waals surface area contributed by atoms with Gasteiger partial charge in [0.2, 0.25) is 5.91 Å². The quantitative estimate of drug-likeness (QED) is 0.886. The second-order valence-corrected chi connectivity index (χ2v) is 4.87. The highest BCUT2D eigenvalue weighted by Gasteiger charge is 2.32. The van der Waals surface area contributed by atoms with Crippen molar-refractivity contribution in [1.29, 1.82) is 0 Å². The Morgan fingerprint density at radius 3 is 2.84 bits per heavy atom. The smallest absolute Gasteiger partial charge is 0.337 e. The summed E-state index contributed by atoms with van der Waals surface area (Å²) in [5.74, 6) is -1.14. The monoisotopic (exact) mass is 282 g/mol. The maximum Gasteiger partial charge on any atom is 0.337 e. The minimum atomic E-state index is -1.04. The van der Waals surface area contributed by atoms with Gasteiger partial charge in [-0.15, -0.1) is 0 Å². The van der Waals surface area contributed by atoms with Gasteiger partial charge in [0.25, 0.3) is 0 Å². The van der Waals surface area contributed by atoms with Gasteiger partial charge in [0.15, 0.2) is 0 Å². The zero-order valence-electron chi connectivity index (χ0n) is 10.5. The summed E-state index contributed by atoms with van der Waals surface area (Å²) in [4.78, 5) is 24.9. The number of carboxylic acid groups (broad SMARTS) is 1. The highest BCUT2D eigenvalue weighted by molar-refractivity contribution is 6.31. The Morgan fingerprint density at radius 1 is 1.47 bits per heavy atom. The van der Waals surface area contributed by atoms with Crippen LogP contribution in [0.5, 0.6) is 0 Å². The summed E-state index contributed by atoms with van der Waals surface area (Å²) in [6.45, 7) is 0.667. The second kappa shape index (κ2) is 5.48. The van der Waals surface area contributed by atoms with E-state index >= 15 is 0 Å². The Bertz CT molecular complexity index is 519. The van der Waals surface area contributed by atoms with E-state index in [4.69, 9.17) is 11.6 Å². The number of hydrogen-bond acceptors (Lipinski definition) is 3. The third kappa shape index (κ3) is 2.66. The van der Waals surface area contributed by atoms with Crippen LogP contribution >= 0.6 is 11.6 Å². The zero-order valence-corrected chi connectivity index (χ0v) is 11.3. The molecule has 102 valence electrons. The molecule has 1 fully saturated rings. The van der Waals surface area contributed by atoms with Crippen LogP contribution in [0.4, 0.5) is 5.69 Å². The molecular weight excluding hydrogens is 268 g/mol. The number of anilines is 1. The molecule has 0 bridgehead atoms. The first kappa shape index (κ1) is 13.7. The number of nitrogens with zero attached hydrogens (tertiary/aromatic N) is 1. The van der Waals surface area contributed by atoms with Gasteiger partial charge in [0.1, 0.15) is 6.04 Å². The van der Waals surface area contributed by atoms with Crippen molar-refractivity contribution in [1.82, 2.24) is 5.32 Å². The van der Waals surface area contributed by atoms with Gasteiger partial charge in [-0.2, -0.15) is 0 Å². The standard InChI is InChI=1S/C13H15ClN2O3/c1-15-12(17)11-3-2-6-16(11)10-5-4-8(14)7-9(10)13(18)19/h4-5,7,11H,2-3,6H2,1H3,(H,15,17)(H,18,19). The van der Waals surface area contributed by atoms with Crippen molar-refractivity contribution in [2.24, 2.45) is 0 Å². The van der Waals surface area contributed by atoms with Crippen LogP contribution in [0.15, 0.2) is 18.2 Å². The molecule has 1 aliphatic rings.